The molecule has 0 saturated carbocycles. The molecule has 0 aliphatic heterocycles. The molecule has 23 heavy (non-hydrogen) atoms. The smallest absolute Gasteiger partial charge is 0.206 e. The van der Waals surface area contributed by atoms with Crippen LogP contribution in [0.5, 0.6) is 11.5 Å². The monoisotopic (exact) mass is 330 g/mol. The summed E-state index contributed by atoms with van der Waals surface area (Å²) in [4.78, 5) is 0.423. The Balaban J connectivity index is 2.20. The molecule has 0 atom stereocenters. The SMILES string of the molecule is C=CCOc1ccc(S(=O)(=O)c2ccc(OCC=C)cc2)cc1. The van der Waals surface area contributed by atoms with E-state index >= 15 is 0 Å². The van der Waals surface area contributed by atoms with Gasteiger partial charge in [0.15, 0.2) is 0 Å². The van der Waals surface area contributed by atoms with Crippen molar-refractivity contribution < 1.29 is 17.9 Å². The molecule has 0 saturated heterocycles. The molecule has 0 radical (unpaired) electrons. The minimum atomic E-state index is -3.56. The van der Waals surface area contributed by atoms with Gasteiger partial charge >= 0.3 is 0 Å². The Morgan fingerprint density at radius 2 is 1.09 bits per heavy atom. The van der Waals surface area contributed by atoms with Crippen molar-refractivity contribution in [2.75, 3.05) is 13.2 Å². The van der Waals surface area contributed by atoms with Crippen LogP contribution in [0.1, 0.15) is 0 Å². The Bertz CT molecular complexity index is 698. The van der Waals surface area contributed by atoms with Crippen LogP contribution in [0.2, 0.25) is 0 Å². The van der Waals surface area contributed by atoms with Crippen molar-refractivity contribution in [3.05, 3.63) is 73.8 Å². The summed E-state index contributed by atoms with van der Waals surface area (Å²) in [6.45, 7) is 7.87. The first-order valence-corrected chi connectivity index (χ1v) is 8.49. The molecular weight excluding hydrogens is 312 g/mol. The molecule has 0 bridgehead atoms. The highest BCUT2D eigenvalue weighted by Crippen LogP contribution is 2.24. The molecule has 0 aliphatic carbocycles. The summed E-state index contributed by atoms with van der Waals surface area (Å²) < 4.78 is 35.8. The zero-order chi connectivity index (χ0) is 16.7. The molecular formula is C18H18O4S. The Kier molecular flexibility index (Phi) is 5.60. The number of sulfone groups is 1. The van der Waals surface area contributed by atoms with Crippen LogP contribution in [0.25, 0.3) is 0 Å². The summed E-state index contributed by atoms with van der Waals surface area (Å²) in [7, 11) is -3.56. The molecule has 0 unspecified atom stereocenters. The first-order valence-electron chi connectivity index (χ1n) is 7.00. The van der Waals surface area contributed by atoms with Crippen LogP contribution >= 0.6 is 0 Å². The van der Waals surface area contributed by atoms with E-state index in [-0.39, 0.29) is 9.79 Å². The number of hydrogen-bond donors (Lipinski definition) is 0. The minimum absolute atomic E-state index is 0.211. The van der Waals surface area contributed by atoms with Crippen LogP contribution in [0.4, 0.5) is 0 Å². The highest BCUT2D eigenvalue weighted by Gasteiger charge is 2.17. The van der Waals surface area contributed by atoms with Crippen molar-refractivity contribution in [3.8, 4) is 11.5 Å². The molecule has 0 amide bonds. The second-order valence-electron chi connectivity index (χ2n) is 4.65. The van der Waals surface area contributed by atoms with Crippen molar-refractivity contribution in [1.82, 2.24) is 0 Å². The molecule has 5 heteroatoms. The molecule has 0 fully saturated rings. The first kappa shape index (κ1) is 16.8. The van der Waals surface area contributed by atoms with Crippen LogP contribution in [-0.2, 0) is 9.84 Å². The van der Waals surface area contributed by atoms with E-state index in [4.69, 9.17) is 9.47 Å². The third-order valence-corrected chi connectivity index (χ3v) is 4.79. The summed E-state index contributed by atoms with van der Waals surface area (Å²) in [6, 6.07) is 12.6. The van der Waals surface area contributed by atoms with Gasteiger partial charge in [-0.05, 0) is 48.5 Å². The van der Waals surface area contributed by atoms with E-state index in [0.717, 1.165) is 0 Å². The van der Waals surface area contributed by atoms with Crippen LogP contribution in [-0.4, -0.2) is 21.6 Å². The second kappa shape index (κ2) is 7.65. The molecule has 0 N–H and O–H groups in total. The van der Waals surface area contributed by atoms with Gasteiger partial charge in [-0.1, -0.05) is 25.3 Å². The molecule has 120 valence electrons. The van der Waals surface area contributed by atoms with Gasteiger partial charge in [0.2, 0.25) is 9.84 Å². The zero-order valence-electron chi connectivity index (χ0n) is 12.6. The van der Waals surface area contributed by atoms with E-state index in [1.165, 1.54) is 24.3 Å². The predicted molar refractivity (Wildman–Crippen MR) is 89.7 cm³/mol. The normalized spacial score (nSPS) is 10.8. The van der Waals surface area contributed by atoms with Gasteiger partial charge in [-0.15, -0.1) is 0 Å². The van der Waals surface area contributed by atoms with Crippen LogP contribution < -0.4 is 9.47 Å². The second-order valence-corrected chi connectivity index (χ2v) is 6.60. The maximum Gasteiger partial charge on any atom is 0.206 e. The average molecular weight is 330 g/mol. The third-order valence-electron chi connectivity index (χ3n) is 3.00. The van der Waals surface area contributed by atoms with E-state index in [2.05, 4.69) is 13.2 Å². The molecule has 0 heterocycles. The topological polar surface area (TPSA) is 52.6 Å². The fourth-order valence-corrected chi connectivity index (χ4v) is 3.14. The molecule has 2 aromatic carbocycles. The van der Waals surface area contributed by atoms with E-state index in [0.29, 0.717) is 24.7 Å². The Hall–Kier alpha value is -2.53. The molecule has 2 rings (SSSR count). The van der Waals surface area contributed by atoms with E-state index in [9.17, 15) is 8.42 Å². The lowest BCUT2D eigenvalue weighted by atomic mass is 10.3. The van der Waals surface area contributed by atoms with Gasteiger partial charge in [-0.2, -0.15) is 0 Å². The van der Waals surface area contributed by atoms with Gasteiger partial charge in [-0.25, -0.2) is 8.42 Å². The molecule has 4 nitrogen and oxygen atoms in total. The zero-order valence-corrected chi connectivity index (χ0v) is 13.5. The lowest BCUT2D eigenvalue weighted by molar-refractivity contribution is 0.363. The highest BCUT2D eigenvalue weighted by molar-refractivity contribution is 7.91. The Morgan fingerprint density at radius 3 is 1.39 bits per heavy atom. The van der Waals surface area contributed by atoms with Gasteiger partial charge in [-0.3, -0.25) is 0 Å². The summed E-state index contributed by atoms with van der Waals surface area (Å²) in [5.74, 6) is 1.19. The van der Waals surface area contributed by atoms with Crippen molar-refractivity contribution in [2.45, 2.75) is 9.79 Å². The number of ether oxygens (including phenoxy) is 2. The van der Waals surface area contributed by atoms with Gasteiger partial charge in [0.05, 0.1) is 9.79 Å². The quantitative estimate of drug-likeness (QED) is 0.693. The van der Waals surface area contributed by atoms with E-state index < -0.39 is 9.84 Å². The largest absolute Gasteiger partial charge is 0.490 e. The lowest BCUT2D eigenvalue weighted by Gasteiger charge is -2.08. The van der Waals surface area contributed by atoms with Crippen LogP contribution in [0.3, 0.4) is 0 Å². The van der Waals surface area contributed by atoms with Crippen molar-refractivity contribution in [1.29, 1.82) is 0 Å². The first-order chi connectivity index (χ1) is 11.1. The Labute approximate surface area is 136 Å². The summed E-state index contributed by atoms with van der Waals surface area (Å²) in [6.07, 6.45) is 3.25. The third kappa shape index (κ3) is 4.23. The predicted octanol–water partition coefficient (Wildman–Crippen LogP) is 3.65. The summed E-state index contributed by atoms with van der Waals surface area (Å²) >= 11 is 0. The van der Waals surface area contributed by atoms with Crippen LogP contribution in [0, 0.1) is 0 Å². The number of rotatable bonds is 8. The van der Waals surface area contributed by atoms with Crippen molar-refractivity contribution in [3.63, 3.8) is 0 Å². The molecule has 0 aromatic heterocycles. The maximum absolute atomic E-state index is 12.6. The fraction of sp³-hybridized carbons (Fsp3) is 0.111. The standard InChI is InChI=1S/C18H18O4S/c1-3-13-21-15-5-9-17(10-6-15)23(19,20)18-11-7-16(8-12-18)22-14-4-2/h3-12H,1-2,13-14H2. The Morgan fingerprint density at radius 1 is 0.739 bits per heavy atom. The average Bonchev–Trinajstić information content (AvgIpc) is 2.59. The maximum atomic E-state index is 12.6. The van der Waals surface area contributed by atoms with E-state index in [1.54, 1.807) is 36.4 Å². The van der Waals surface area contributed by atoms with Gasteiger partial charge in [0, 0.05) is 0 Å². The fourth-order valence-electron chi connectivity index (χ4n) is 1.88. The lowest BCUT2D eigenvalue weighted by Crippen LogP contribution is -2.02. The molecule has 0 aliphatic rings. The molecule has 0 spiro atoms. The van der Waals surface area contributed by atoms with Gasteiger partial charge < -0.3 is 9.47 Å². The molecule has 2 aromatic rings. The van der Waals surface area contributed by atoms with Crippen molar-refractivity contribution in [2.24, 2.45) is 0 Å². The minimum Gasteiger partial charge on any atom is -0.490 e. The van der Waals surface area contributed by atoms with Crippen molar-refractivity contribution >= 4 is 9.84 Å². The van der Waals surface area contributed by atoms with Gasteiger partial charge in [0.1, 0.15) is 24.7 Å². The summed E-state index contributed by atoms with van der Waals surface area (Å²) in [5, 5.41) is 0. The summed E-state index contributed by atoms with van der Waals surface area (Å²) in [5.41, 5.74) is 0. The van der Waals surface area contributed by atoms with Gasteiger partial charge in [0.25, 0.3) is 0 Å². The number of benzene rings is 2. The highest BCUT2D eigenvalue weighted by atomic mass is 32.2. The van der Waals surface area contributed by atoms with E-state index in [1.807, 2.05) is 0 Å². The van der Waals surface area contributed by atoms with Crippen LogP contribution in [0.15, 0.2) is 83.6 Å². The number of hydrogen-bond acceptors (Lipinski definition) is 4.